The summed E-state index contributed by atoms with van der Waals surface area (Å²) < 4.78 is 49.3. The van der Waals surface area contributed by atoms with E-state index in [4.69, 9.17) is 9.47 Å². The molecule has 3 rings (SSSR count). The van der Waals surface area contributed by atoms with Gasteiger partial charge in [0.2, 0.25) is 5.91 Å². The van der Waals surface area contributed by atoms with Gasteiger partial charge < -0.3 is 14.8 Å². The standard InChI is InChI=1S/C20H18F3NO3/c1-3-19(25)24-17-10-12(2)26-18-11-15(8-9-16(17)18)27-14-6-4-13(5-7-14)20(21,22)23/h3-9,11-12,17H,1,10H2,2H3,(H,24,25). The van der Waals surface area contributed by atoms with E-state index in [0.717, 1.165) is 17.7 Å². The summed E-state index contributed by atoms with van der Waals surface area (Å²) in [4.78, 5) is 11.6. The van der Waals surface area contributed by atoms with Crippen LogP contribution in [0, 0.1) is 0 Å². The van der Waals surface area contributed by atoms with Crippen LogP contribution in [0.4, 0.5) is 13.2 Å². The maximum Gasteiger partial charge on any atom is 0.416 e. The number of carbonyl (C=O) groups excluding carboxylic acids is 1. The van der Waals surface area contributed by atoms with Crippen molar-refractivity contribution in [1.82, 2.24) is 5.32 Å². The Morgan fingerprint density at radius 1 is 1.22 bits per heavy atom. The second-order valence-corrected chi connectivity index (χ2v) is 6.25. The van der Waals surface area contributed by atoms with E-state index in [1.807, 2.05) is 6.92 Å². The van der Waals surface area contributed by atoms with Crippen LogP contribution in [-0.2, 0) is 11.0 Å². The lowest BCUT2D eigenvalue weighted by atomic mass is 9.97. The monoisotopic (exact) mass is 377 g/mol. The summed E-state index contributed by atoms with van der Waals surface area (Å²) in [5.74, 6) is 0.998. The Kier molecular flexibility index (Phi) is 5.12. The molecule has 0 aromatic heterocycles. The fraction of sp³-hybridized carbons (Fsp3) is 0.250. The molecule has 7 heteroatoms. The van der Waals surface area contributed by atoms with Gasteiger partial charge in [0, 0.05) is 18.1 Å². The van der Waals surface area contributed by atoms with Gasteiger partial charge in [0.15, 0.2) is 0 Å². The first-order valence-electron chi connectivity index (χ1n) is 8.35. The predicted molar refractivity (Wildman–Crippen MR) is 93.7 cm³/mol. The van der Waals surface area contributed by atoms with Crippen LogP contribution < -0.4 is 14.8 Å². The minimum absolute atomic E-state index is 0.117. The van der Waals surface area contributed by atoms with Crippen LogP contribution in [0.3, 0.4) is 0 Å². The highest BCUT2D eigenvalue weighted by atomic mass is 19.4. The molecule has 1 aliphatic heterocycles. The van der Waals surface area contributed by atoms with E-state index in [-0.39, 0.29) is 23.8 Å². The summed E-state index contributed by atoms with van der Waals surface area (Å²) in [5.41, 5.74) is 0.0707. The molecule has 1 heterocycles. The Labute approximate surface area is 154 Å². The molecular weight excluding hydrogens is 359 g/mol. The van der Waals surface area contributed by atoms with Gasteiger partial charge in [0.25, 0.3) is 0 Å². The third-order valence-corrected chi connectivity index (χ3v) is 4.18. The third-order valence-electron chi connectivity index (χ3n) is 4.18. The molecule has 0 spiro atoms. The van der Waals surface area contributed by atoms with E-state index in [2.05, 4.69) is 11.9 Å². The molecule has 0 radical (unpaired) electrons. The van der Waals surface area contributed by atoms with E-state index in [1.165, 1.54) is 18.2 Å². The average molecular weight is 377 g/mol. The number of amides is 1. The summed E-state index contributed by atoms with van der Waals surface area (Å²) in [7, 11) is 0. The van der Waals surface area contributed by atoms with Crippen molar-refractivity contribution in [3.05, 3.63) is 66.2 Å². The highest BCUT2D eigenvalue weighted by Gasteiger charge is 2.30. The molecule has 27 heavy (non-hydrogen) atoms. The van der Waals surface area contributed by atoms with Gasteiger partial charge in [-0.05, 0) is 49.4 Å². The number of carbonyl (C=O) groups is 1. The first-order valence-corrected chi connectivity index (χ1v) is 8.35. The minimum atomic E-state index is -4.39. The fourth-order valence-corrected chi connectivity index (χ4v) is 2.91. The van der Waals surface area contributed by atoms with Crippen molar-refractivity contribution in [3.63, 3.8) is 0 Å². The predicted octanol–water partition coefficient (Wildman–Crippen LogP) is 5.01. The minimum Gasteiger partial charge on any atom is -0.490 e. The molecule has 0 saturated heterocycles. The van der Waals surface area contributed by atoms with Crippen LogP contribution in [0.2, 0.25) is 0 Å². The van der Waals surface area contributed by atoms with Crippen molar-refractivity contribution >= 4 is 5.91 Å². The summed E-state index contributed by atoms with van der Waals surface area (Å²) in [5, 5.41) is 2.86. The molecule has 2 unspecified atom stereocenters. The molecule has 2 aromatic rings. The Morgan fingerprint density at radius 3 is 2.52 bits per heavy atom. The third kappa shape index (κ3) is 4.42. The average Bonchev–Trinajstić information content (AvgIpc) is 2.61. The zero-order valence-electron chi connectivity index (χ0n) is 14.5. The number of ether oxygens (including phenoxy) is 2. The van der Waals surface area contributed by atoms with Gasteiger partial charge in [-0.3, -0.25) is 4.79 Å². The smallest absolute Gasteiger partial charge is 0.416 e. The molecule has 1 aliphatic rings. The Hall–Kier alpha value is -2.96. The maximum atomic E-state index is 12.6. The Morgan fingerprint density at radius 2 is 1.89 bits per heavy atom. The van der Waals surface area contributed by atoms with E-state index in [9.17, 15) is 18.0 Å². The van der Waals surface area contributed by atoms with Gasteiger partial charge >= 0.3 is 6.18 Å². The maximum absolute atomic E-state index is 12.6. The number of benzene rings is 2. The van der Waals surface area contributed by atoms with Crippen LogP contribution in [0.25, 0.3) is 0 Å². The van der Waals surface area contributed by atoms with Crippen LogP contribution in [0.15, 0.2) is 55.1 Å². The molecule has 0 bridgehead atoms. The molecule has 0 fully saturated rings. The number of rotatable bonds is 4. The molecule has 2 aromatic carbocycles. The second-order valence-electron chi connectivity index (χ2n) is 6.25. The topological polar surface area (TPSA) is 47.6 Å². The second kappa shape index (κ2) is 7.34. The normalized spacial score (nSPS) is 18.8. The molecule has 0 aliphatic carbocycles. The zero-order valence-corrected chi connectivity index (χ0v) is 14.5. The van der Waals surface area contributed by atoms with E-state index in [0.29, 0.717) is 17.9 Å². The molecule has 2 atom stereocenters. The highest BCUT2D eigenvalue weighted by molar-refractivity contribution is 5.87. The first kappa shape index (κ1) is 18.8. The number of alkyl halides is 3. The summed E-state index contributed by atoms with van der Waals surface area (Å²) in [6.45, 7) is 5.34. The molecule has 0 saturated carbocycles. The Balaban J connectivity index is 1.80. The summed E-state index contributed by atoms with van der Waals surface area (Å²) in [6, 6.07) is 9.36. The van der Waals surface area contributed by atoms with Crippen LogP contribution in [-0.4, -0.2) is 12.0 Å². The van der Waals surface area contributed by atoms with Gasteiger partial charge in [0.1, 0.15) is 17.2 Å². The largest absolute Gasteiger partial charge is 0.490 e. The fourth-order valence-electron chi connectivity index (χ4n) is 2.91. The zero-order chi connectivity index (χ0) is 19.6. The number of hydrogen-bond donors (Lipinski definition) is 1. The molecular formula is C20H18F3NO3. The summed E-state index contributed by atoms with van der Waals surface area (Å²) >= 11 is 0. The van der Waals surface area contributed by atoms with Gasteiger partial charge in [-0.1, -0.05) is 6.58 Å². The molecule has 4 nitrogen and oxygen atoms in total. The van der Waals surface area contributed by atoms with Crippen LogP contribution >= 0.6 is 0 Å². The van der Waals surface area contributed by atoms with Gasteiger partial charge in [-0.15, -0.1) is 0 Å². The molecule has 1 amide bonds. The first-order chi connectivity index (χ1) is 12.8. The Bertz CT molecular complexity index is 847. The van der Waals surface area contributed by atoms with E-state index in [1.54, 1.807) is 18.2 Å². The van der Waals surface area contributed by atoms with Crippen LogP contribution in [0.5, 0.6) is 17.2 Å². The van der Waals surface area contributed by atoms with Gasteiger partial charge in [-0.2, -0.15) is 13.2 Å². The SMILES string of the molecule is C=CC(=O)NC1CC(C)Oc2cc(Oc3ccc(C(F)(F)F)cc3)ccc21. The van der Waals surface area contributed by atoms with Crippen LogP contribution in [0.1, 0.15) is 30.5 Å². The van der Waals surface area contributed by atoms with Crippen molar-refractivity contribution in [2.24, 2.45) is 0 Å². The van der Waals surface area contributed by atoms with Crippen molar-refractivity contribution < 1.29 is 27.4 Å². The molecule has 142 valence electrons. The lowest BCUT2D eigenvalue weighted by Crippen LogP contribution is -2.34. The van der Waals surface area contributed by atoms with Gasteiger partial charge in [-0.25, -0.2) is 0 Å². The van der Waals surface area contributed by atoms with E-state index < -0.39 is 11.7 Å². The molecule has 1 N–H and O–H groups in total. The highest BCUT2D eigenvalue weighted by Crippen LogP contribution is 2.38. The summed E-state index contributed by atoms with van der Waals surface area (Å²) in [6.07, 6.45) is -2.68. The number of hydrogen-bond acceptors (Lipinski definition) is 3. The van der Waals surface area contributed by atoms with Crippen molar-refractivity contribution in [3.8, 4) is 17.2 Å². The van der Waals surface area contributed by atoms with Gasteiger partial charge in [0.05, 0.1) is 17.7 Å². The van der Waals surface area contributed by atoms with Crippen molar-refractivity contribution in [2.75, 3.05) is 0 Å². The number of fused-ring (bicyclic) bond motifs is 1. The number of nitrogens with one attached hydrogen (secondary N) is 1. The van der Waals surface area contributed by atoms with Crippen molar-refractivity contribution in [2.45, 2.75) is 31.7 Å². The number of halogens is 3. The lowest BCUT2D eigenvalue weighted by molar-refractivity contribution is -0.137. The quantitative estimate of drug-likeness (QED) is 0.762. The van der Waals surface area contributed by atoms with Crippen molar-refractivity contribution in [1.29, 1.82) is 0 Å². The van der Waals surface area contributed by atoms with E-state index >= 15 is 0 Å². The lowest BCUT2D eigenvalue weighted by Gasteiger charge is -2.31.